The third-order valence-electron chi connectivity index (χ3n) is 2.48. The fraction of sp³-hybridized carbons (Fsp3) is 0.625. The predicted molar refractivity (Wildman–Crippen MR) is 50.9 cm³/mol. The topological polar surface area (TPSA) is 62.6 Å². The van der Waals surface area contributed by atoms with E-state index in [0.717, 1.165) is 18.7 Å². The van der Waals surface area contributed by atoms with Crippen LogP contribution in [0.25, 0.3) is 0 Å². The van der Waals surface area contributed by atoms with Crippen LogP contribution in [0.2, 0.25) is 0 Å². The molecule has 2 bridgehead atoms. The van der Waals surface area contributed by atoms with Crippen molar-refractivity contribution in [3.05, 3.63) is 5.82 Å². The standard InChI is InChI=1S/C8H11N2O4P/c1-3-4-6-10-5(2)9-7-8(10)14-15(11,12-6)13-7/h6H,3-4H2,1-2H3. The maximum atomic E-state index is 11.8. The van der Waals surface area contributed by atoms with Crippen LogP contribution in [-0.4, -0.2) is 9.55 Å². The highest BCUT2D eigenvalue weighted by Gasteiger charge is 2.50. The fourth-order valence-corrected chi connectivity index (χ4v) is 3.21. The summed E-state index contributed by atoms with van der Waals surface area (Å²) in [5.74, 6) is 1.49. The lowest BCUT2D eigenvalue weighted by molar-refractivity contribution is 0.0618. The zero-order valence-electron chi connectivity index (χ0n) is 8.47. The Morgan fingerprint density at radius 3 is 3.07 bits per heavy atom. The normalized spacial score (nSPS) is 31.2. The molecule has 2 aliphatic heterocycles. The fourth-order valence-electron chi connectivity index (χ4n) is 1.88. The molecular formula is C8H11N2O4P. The lowest BCUT2D eigenvalue weighted by Gasteiger charge is -2.26. The van der Waals surface area contributed by atoms with Crippen molar-refractivity contribution in [3.8, 4) is 11.8 Å². The molecule has 2 unspecified atom stereocenters. The van der Waals surface area contributed by atoms with Crippen LogP contribution in [0.3, 0.4) is 0 Å². The lowest BCUT2D eigenvalue weighted by atomic mass is 10.3. The van der Waals surface area contributed by atoms with Crippen molar-refractivity contribution < 1.29 is 18.1 Å². The number of hydrogen-bond donors (Lipinski definition) is 0. The van der Waals surface area contributed by atoms with Gasteiger partial charge in [0.05, 0.1) is 0 Å². The molecule has 0 saturated carbocycles. The quantitative estimate of drug-likeness (QED) is 0.730. The molecule has 6 nitrogen and oxygen atoms in total. The average Bonchev–Trinajstić information content (AvgIpc) is 2.53. The number of nitrogens with zero attached hydrogens (tertiary/aromatic N) is 2. The maximum absolute atomic E-state index is 11.8. The molecule has 0 saturated heterocycles. The Kier molecular flexibility index (Phi) is 1.71. The molecule has 3 rings (SSSR count). The highest BCUT2D eigenvalue weighted by molar-refractivity contribution is 7.49. The Labute approximate surface area is 86.8 Å². The first-order valence-corrected chi connectivity index (χ1v) is 6.35. The smallest absolute Gasteiger partial charge is 0.372 e. The largest absolute Gasteiger partial charge is 0.592 e. The Morgan fingerprint density at radius 1 is 1.53 bits per heavy atom. The molecule has 0 fully saturated rings. The number of aryl methyl sites for hydroxylation is 1. The van der Waals surface area contributed by atoms with Gasteiger partial charge in [-0.05, 0) is 13.3 Å². The van der Waals surface area contributed by atoms with E-state index in [9.17, 15) is 4.57 Å². The third kappa shape index (κ3) is 1.15. The van der Waals surface area contributed by atoms with Gasteiger partial charge >= 0.3 is 7.82 Å². The van der Waals surface area contributed by atoms with Crippen molar-refractivity contribution in [2.24, 2.45) is 0 Å². The van der Waals surface area contributed by atoms with Gasteiger partial charge in [0.25, 0.3) is 11.8 Å². The van der Waals surface area contributed by atoms with Crippen LogP contribution < -0.4 is 9.05 Å². The van der Waals surface area contributed by atoms with E-state index in [-0.39, 0.29) is 12.1 Å². The Hall–Kier alpha value is -1.00. The van der Waals surface area contributed by atoms with Gasteiger partial charge in [0.15, 0.2) is 6.23 Å². The van der Waals surface area contributed by atoms with Gasteiger partial charge in [-0.2, -0.15) is 4.98 Å². The average molecular weight is 230 g/mol. The van der Waals surface area contributed by atoms with Crippen LogP contribution in [0.5, 0.6) is 11.8 Å². The maximum Gasteiger partial charge on any atom is 0.592 e. The van der Waals surface area contributed by atoms with Crippen LogP contribution in [0.15, 0.2) is 0 Å². The third-order valence-corrected chi connectivity index (χ3v) is 3.78. The van der Waals surface area contributed by atoms with Gasteiger partial charge in [-0.1, -0.05) is 13.3 Å². The predicted octanol–water partition coefficient (Wildman–Crippen LogP) is 2.40. The molecule has 3 heterocycles. The van der Waals surface area contributed by atoms with Crippen molar-refractivity contribution in [3.63, 3.8) is 0 Å². The van der Waals surface area contributed by atoms with Gasteiger partial charge in [0, 0.05) is 0 Å². The molecule has 0 aromatic carbocycles. The van der Waals surface area contributed by atoms with Crippen LogP contribution in [-0.2, 0) is 9.09 Å². The van der Waals surface area contributed by atoms with Crippen molar-refractivity contribution >= 4 is 7.82 Å². The van der Waals surface area contributed by atoms with Gasteiger partial charge in [0.1, 0.15) is 5.82 Å². The molecule has 0 spiro atoms. The van der Waals surface area contributed by atoms with Crippen molar-refractivity contribution in [1.29, 1.82) is 0 Å². The molecule has 2 aliphatic rings. The molecule has 15 heavy (non-hydrogen) atoms. The number of phosphoric acid groups is 1. The molecule has 1 aromatic heterocycles. The minimum atomic E-state index is -3.40. The molecular weight excluding hydrogens is 219 g/mol. The van der Waals surface area contributed by atoms with E-state index in [4.69, 9.17) is 13.6 Å². The molecule has 0 radical (unpaired) electrons. The first-order valence-electron chi connectivity index (χ1n) is 4.89. The molecule has 7 heteroatoms. The summed E-state index contributed by atoms with van der Waals surface area (Å²) in [5.41, 5.74) is 0. The van der Waals surface area contributed by atoms with E-state index in [1.807, 2.05) is 13.8 Å². The summed E-state index contributed by atoms with van der Waals surface area (Å²) < 4.78 is 29.1. The Morgan fingerprint density at radius 2 is 2.33 bits per heavy atom. The SMILES string of the molecule is CCCC1OP2(=O)Oc3nc(C)n1c3O2. The summed E-state index contributed by atoms with van der Waals surface area (Å²) in [5, 5.41) is 0. The number of aromatic nitrogens is 2. The van der Waals surface area contributed by atoms with Gasteiger partial charge in [-0.15, -0.1) is 0 Å². The van der Waals surface area contributed by atoms with E-state index in [1.54, 1.807) is 4.57 Å². The molecule has 82 valence electrons. The summed E-state index contributed by atoms with van der Waals surface area (Å²) >= 11 is 0. The lowest BCUT2D eigenvalue weighted by Crippen LogP contribution is -2.20. The number of imidazole rings is 1. The van der Waals surface area contributed by atoms with Gasteiger partial charge in [-0.3, -0.25) is 4.57 Å². The highest BCUT2D eigenvalue weighted by Crippen LogP contribution is 2.65. The minimum absolute atomic E-state index is 0.284. The second kappa shape index (κ2) is 2.77. The summed E-state index contributed by atoms with van der Waals surface area (Å²) in [4.78, 5) is 4.13. The first kappa shape index (κ1) is 9.24. The van der Waals surface area contributed by atoms with Gasteiger partial charge in [-0.25, -0.2) is 9.09 Å². The van der Waals surface area contributed by atoms with E-state index in [0.29, 0.717) is 5.88 Å². The van der Waals surface area contributed by atoms with E-state index >= 15 is 0 Å². The van der Waals surface area contributed by atoms with Crippen LogP contribution in [0.1, 0.15) is 31.8 Å². The monoisotopic (exact) mass is 230 g/mol. The summed E-state index contributed by atoms with van der Waals surface area (Å²) in [7, 11) is -3.40. The van der Waals surface area contributed by atoms with Crippen LogP contribution >= 0.6 is 7.82 Å². The van der Waals surface area contributed by atoms with Crippen molar-refractivity contribution in [1.82, 2.24) is 9.55 Å². The number of hydrogen-bond acceptors (Lipinski definition) is 5. The second-order valence-electron chi connectivity index (χ2n) is 3.62. The first-order chi connectivity index (χ1) is 7.13. The summed E-state index contributed by atoms with van der Waals surface area (Å²) in [6, 6.07) is 0. The van der Waals surface area contributed by atoms with Crippen molar-refractivity contribution in [2.45, 2.75) is 32.9 Å². The van der Waals surface area contributed by atoms with E-state index in [1.165, 1.54) is 0 Å². The minimum Gasteiger partial charge on any atom is -0.372 e. The molecule has 1 aromatic rings. The van der Waals surface area contributed by atoms with Crippen LogP contribution in [0, 0.1) is 6.92 Å². The number of phosphoric ester groups is 1. The summed E-state index contributed by atoms with van der Waals surface area (Å²) in [6.45, 7) is 3.88. The zero-order valence-corrected chi connectivity index (χ0v) is 9.36. The Balaban J connectivity index is 2.13. The molecule has 2 atom stereocenters. The van der Waals surface area contributed by atoms with Gasteiger partial charge in [0.2, 0.25) is 0 Å². The number of rotatable bonds is 2. The molecule has 0 N–H and O–H groups in total. The van der Waals surface area contributed by atoms with Gasteiger partial charge < -0.3 is 9.05 Å². The van der Waals surface area contributed by atoms with E-state index < -0.39 is 7.82 Å². The molecule has 0 aliphatic carbocycles. The summed E-state index contributed by atoms with van der Waals surface area (Å²) in [6.07, 6.45) is 1.41. The second-order valence-corrected chi connectivity index (χ2v) is 5.09. The van der Waals surface area contributed by atoms with E-state index in [2.05, 4.69) is 4.98 Å². The highest BCUT2D eigenvalue weighted by atomic mass is 31.2. The molecule has 0 amide bonds. The van der Waals surface area contributed by atoms with Crippen LogP contribution in [0.4, 0.5) is 0 Å². The van der Waals surface area contributed by atoms with Crippen molar-refractivity contribution in [2.75, 3.05) is 0 Å². The zero-order chi connectivity index (χ0) is 10.6. The Bertz CT molecular complexity index is 469. The number of fused-ring (bicyclic) bond motifs is 1.